The molecular weight excluding hydrogens is 260 g/mol. The molecule has 0 aromatic carbocycles. The molecule has 0 unspecified atom stereocenters. The summed E-state index contributed by atoms with van der Waals surface area (Å²) in [6.07, 6.45) is 1.89. The third-order valence-electron chi connectivity index (χ3n) is 2.07. The minimum Gasteiger partial charge on any atom is -0.359 e. The molecule has 2 N–H and O–H groups in total. The number of amides is 2. The summed E-state index contributed by atoms with van der Waals surface area (Å²) < 4.78 is 0.428. The number of hydrogen-bond acceptors (Lipinski definition) is 3. The fraction of sp³-hybridized carbons (Fsp3) is 0.273. The van der Waals surface area contributed by atoms with Gasteiger partial charge in [0.25, 0.3) is 5.91 Å². The smallest absolute Gasteiger partial charge is 0.253 e. The molecule has 1 aromatic heterocycles. The molecule has 4 nitrogen and oxygen atoms in total. The molecule has 1 heterocycles. The molecule has 6 heteroatoms. The Balaban J connectivity index is 2.55. The second kappa shape index (κ2) is 6.42. The van der Waals surface area contributed by atoms with Crippen LogP contribution in [0.5, 0.6) is 0 Å². The van der Waals surface area contributed by atoms with Crippen LogP contribution in [0.3, 0.4) is 0 Å². The number of carbonyl (C=O) groups is 2. The fourth-order valence-corrected chi connectivity index (χ4v) is 2.29. The summed E-state index contributed by atoms with van der Waals surface area (Å²) in [5.41, 5.74) is 0.420. The second-order valence-electron chi connectivity index (χ2n) is 3.22. The number of halogens is 1. The topological polar surface area (TPSA) is 58.2 Å². The lowest BCUT2D eigenvalue weighted by Gasteiger charge is -2.03. The van der Waals surface area contributed by atoms with Crippen molar-refractivity contribution in [2.24, 2.45) is 0 Å². The molecule has 17 heavy (non-hydrogen) atoms. The Labute approximate surface area is 109 Å². The molecule has 0 aliphatic rings. The van der Waals surface area contributed by atoms with Gasteiger partial charge < -0.3 is 10.6 Å². The Morgan fingerprint density at radius 2 is 2.29 bits per heavy atom. The van der Waals surface area contributed by atoms with Crippen LogP contribution in [0.25, 0.3) is 6.08 Å². The van der Waals surface area contributed by atoms with Crippen molar-refractivity contribution in [3.8, 4) is 0 Å². The molecule has 0 spiro atoms. The average Bonchev–Trinajstić information content (AvgIpc) is 2.70. The second-order valence-corrected chi connectivity index (χ2v) is 4.91. The first kappa shape index (κ1) is 13.7. The third-order valence-corrected chi connectivity index (χ3v) is 3.42. The predicted molar refractivity (Wildman–Crippen MR) is 70.4 cm³/mol. The van der Waals surface area contributed by atoms with E-state index >= 15 is 0 Å². The van der Waals surface area contributed by atoms with Gasteiger partial charge in [-0.1, -0.05) is 24.3 Å². The van der Waals surface area contributed by atoms with E-state index in [1.165, 1.54) is 11.3 Å². The van der Waals surface area contributed by atoms with Gasteiger partial charge in [-0.15, -0.1) is 11.3 Å². The van der Waals surface area contributed by atoms with Gasteiger partial charge in [-0.3, -0.25) is 9.59 Å². The van der Waals surface area contributed by atoms with E-state index in [4.69, 9.17) is 11.6 Å². The van der Waals surface area contributed by atoms with Crippen LogP contribution in [0.1, 0.15) is 21.7 Å². The molecule has 0 fully saturated rings. The lowest BCUT2D eigenvalue weighted by molar-refractivity contribution is -0.120. The Morgan fingerprint density at radius 3 is 2.82 bits per heavy atom. The lowest BCUT2D eigenvalue weighted by Crippen LogP contribution is -2.29. The van der Waals surface area contributed by atoms with E-state index in [1.807, 2.05) is 0 Å². The van der Waals surface area contributed by atoms with Gasteiger partial charge in [-0.05, 0) is 6.07 Å². The van der Waals surface area contributed by atoms with Crippen molar-refractivity contribution in [2.45, 2.75) is 6.42 Å². The first-order valence-corrected chi connectivity index (χ1v) is 6.18. The maximum Gasteiger partial charge on any atom is 0.253 e. The van der Waals surface area contributed by atoms with Gasteiger partial charge in [0.1, 0.15) is 4.34 Å². The van der Waals surface area contributed by atoms with E-state index in [2.05, 4.69) is 17.2 Å². The van der Waals surface area contributed by atoms with E-state index in [0.29, 0.717) is 9.90 Å². The van der Waals surface area contributed by atoms with Crippen molar-refractivity contribution in [3.63, 3.8) is 0 Å². The monoisotopic (exact) mass is 272 g/mol. The van der Waals surface area contributed by atoms with Crippen molar-refractivity contribution in [2.75, 3.05) is 13.6 Å². The number of carbonyl (C=O) groups excluding carboxylic acids is 2. The molecule has 0 atom stereocenters. The fourth-order valence-electron chi connectivity index (χ4n) is 1.15. The third kappa shape index (κ3) is 3.87. The first-order chi connectivity index (χ1) is 8.08. The highest BCUT2D eigenvalue weighted by molar-refractivity contribution is 7.17. The minimum absolute atomic E-state index is 0.117. The van der Waals surface area contributed by atoms with Crippen molar-refractivity contribution in [3.05, 3.63) is 27.4 Å². The summed E-state index contributed by atoms with van der Waals surface area (Å²) in [7, 11) is 1.55. The summed E-state index contributed by atoms with van der Waals surface area (Å²) in [4.78, 5) is 23.5. The van der Waals surface area contributed by atoms with Gasteiger partial charge in [0.05, 0.1) is 5.56 Å². The maximum absolute atomic E-state index is 11.7. The van der Waals surface area contributed by atoms with E-state index in [1.54, 1.807) is 19.2 Å². The van der Waals surface area contributed by atoms with Crippen molar-refractivity contribution < 1.29 is 9.59 Å². The van der Waals surface area contributed by atoms with Crippen LogP contribution < -0.4 is 10.6 Å². The van der Waals surface area contributed by atoms with Gasteiger partial charge in [0.2, 0.25) is 5.91 Å². The van der Waals surface area contributed by atoms with E-state index in [9.17, 15) is 9.59 Å². The van der Waals surface area contributed by atoms with E-state index in [-0.39, 0.29) is 24.8 Å². The number of rotatable bonds is 5. The predicted octanol–water partition coefficient (Wildman–Crippen LogP) is 1.91. The van der Waals surface area contributed by atoms with Gasteiger partial charge >= 0.3 is 0 Å². The lowest BCUT2D eigenvalue weighted by atomic mass is 10.3. The quantitative estimate of drug-likeness (QED) is 0.860. The van der Waals surface area contributed by atoms with Gasteiger partial charge in [-0.25, -0.2) is 0 Å². The molecule has 0 saturated carbocycles. The molecule has 92 valence electrons. The van der Waals surface area contributed by atoms with Gasteiger partial charge in [0.15, 0.2) is 0 Å². The summed E-state index contributed by atoms with van der Waals surface area (Å²) in [6, 6.07) is 1.68. The highest BCUT2D eigenvalue weighted by atomic mass is 35.5. The standard InChI is InChI=1S/C11H13ClN2O2S/c1-3-7-6-8(10(12)17-7)11(16)14-5-4-9(15)13-2/h3,6H,1,4-5H2,2H3,(H,13,15)(H,14,16). The zero-order valence-corrected chi connectivity index (χ0v) is 11.0. The summed E-state index contributed by atoms with van der Waals surface area (Å²) in [6.45, 7) is 3.89. The Hall–Kier alpha value is -1.33. The highest BCUT2D eigenvalue weighted by Gasteiger charge is 2.13. The molecule has 1 aromatic rings. The van der Waals surface area contributed by atoms with Crippen LogP contribution in [0, 0.1) is 0 Å². The molecule has 0 bridgehead atoms. The van der Waals surface area contributed by atoms with Crippen LogP contribution in [0.15, 0.2) is 12.6 Å². The maximum atomic E-state index is 11.7. The van der Waals surface area contributed by atoms with Gasteiger partial charge in [-0.2, -0.15) is 0 Å². The average molecular weight is 273 g/mol. The molecular formula is C11H13ClN2O2S. The number of hydrogen-bond donors (Lipinski definition) is 2. The normalized spacial score (nSPS) is 9.76. The number of thiophene rings is 1. The summed E-state index contributed by atoms with van der Waals surface area (Å²) in [5.74, 6) is -0.392. The zero-order valence-electron chi connectivity index (χ0n) is 9.38. The Bertz CT molecular complexity index is 443. The Morgan fingerprint density at radius 1 is 1.59 bits per heavy atom. The van der Waals surface area contributed by atoms with Crippen LogP contribution >= 0.6 is 22.9 Å². The molecule has 0 aliphatic carbocycles. The molecule has 0 saturated heterocycles. The van der Waals surface area contributed by atoms with Gasteiger partial charge in [0, 0.05) is 24.9 Å². The van der Waals surface area contributed by atoms with Crippen molar-refractivity contribution in [1.82, 2.24) is 10.6 Å². The molecule has 0 radical (unpaired) electrons. The molecule has 0 aliphatic heterocycles. The first-order valence-electron chi connectivity index (χ1n) is 4.99. The largest absolute Gasteiger partial charge is 0.359 e. The minimum atomic E-state index is -0.275. The summed E-state index contributed by atoms with van der Waals surface area (Å²) in [5, 5.41) is 5.11. The van der Waals surface area contributed by atoms with E-state index in [0.717, 1.165) is 4.88 Å². The highest BCUT2D eigenvalue weighted by Crippen LogP contribution is 2.28. The SMILES string of the molecule is C=Cc1cc(C(=O)NCCC(=O)NC)c(Cl)s1. The van der Waals surface area contributed by atoms with E-state index < -0.39 is 0 Å². The summed E-state index contributed by atoms with van der Waals surface area (Å²) >= 11 is 7.21. The zero-order chi connectivity index (χ0) is 12.8. The van der Waals surface area contributed by atoms with Crippen LogP contribution in [-0.4, -0.2) is 25.4 Å². The van der Waals surface area contributed by atoms with Crippen LogP contribution in [0.2, 0.25) is 4.34 Å². The van der Waals surface area contributed by atoms with Crippen LogP contribution in [-0.2, 0) is 4.79 Å². The van der Waals surface area contributed by atoms with Crippen LogP contribution in [0.4, 0.5) is 0 Å². The van der Waals surface area contributed by atoms with Crippen molar-refractivity contribution in [1.29, 1.82) is 0 Å². The molecule has 1 rings (SSSR count). The van der Waals surface area contributed by atoms with Crippen molar-refractivity contribution >= 4 is 40.8 Å². The Kier molecular flexibility index (Phi) is 5.18. The molecule has 2 amide bonds. The number of nitrogens with one attached hydrogen (secondary N) is 2.